The van der Waals surface area contributed by atoms with Crippen molar-refractivity contribution >= 4 is 17.6 Å². The maximum Gasteiger partial charge on any atom is 1.00 e. The summed E-state index contributed by atoms with van der Waals surface area (Å²) < 4.78 is 22.9. The molecular formula is C7H7NaO4S. The van der Waals surface area contributed by atoms with Crippen LogP contribution in [0.3, 0.4) is 0 Å². The van der Waals surface area contributed by atoms with Crippen LogP contribution < -0.4 is 33.7 Å². The molecule has 6 heteroatoms. The van der Waals surface area contributed by atoms with Crippen molar-refractivity contribution in [3.05, 3.63) is 29.8 Å². The average Bonchev–Trinajstić information content (AvgIpc) is 2.05. The van der Waals surface area contributed by atoms with Gasteiger partial charge in [0.1, 0.15) is 12.0 Å². The maximum atomic E-state index is 10.2. The van der Waals surface area contributed by atoms with Crippen molar-refractivity contribution in [2.45, 2.75) is 0 Å². The molecule has 1 rings (SSSR count). The summed E-state index contributed by atoms with van der Waals surface area (Å²) in [7, 11) is 0. The molecule has 0 fully saturated rings. The molecule has 66 valence electrons. The summed E-state index contributed by atoms with van der Waals surface area (Å²) in [6.07, 6.45) is 0.680. The Bertz CT molecular complexity index is 303. The Morgan fingerprint density at radius 3 is 2.31 bits per heavy atom. The van der Waals surface area contributed by atoms with Crippen LogP contribution in [0.25, 0.3) is 0 Å². The Morgan fingerprint density at radius 2 is 1.92 bits per heavy atom. The van der Waals surface area contributed by atoms with E-state index in [1.807, 2.05) is 0 Å². The van der Waals surface area contributed by atoms with E-state index in [-0.39, 0.29) is 36.7 Å². The fourth-order valence-corrected chi connectivity index (χ4v) is 0.960. The van der Waals surface area contributed by atoms with E-state index in [1.165, 1.54) is 24.3 Å². The van der Waals surface area contributed by atoms with Crippen molar-refractivity contribution in [2.24, 2.45) is 0 Å². The molecule has 1 aromatic carbocycles. The van der Waals surface area contributed by atoms with Crippen LogP contribution in [0.4, 0.5) is 0 Å². The van der Waals surface area contributed by atoms with Crippen LogP contribution in [0, 0.1) is 0 Å². The Balaban J connectivity index is 0. The summed E-state index contributed by atoms with van der Waals surface area (Å²) >= 11 is -2.31. The fourth-order valence-electron chi connectivity index (χ4n) is 0.684. The molecule has 0 aromatic heterocycles. The van der Waals surface area contributed by atoms with Gasteiger partial charge in [0.05, 0.1) is 0 Å². The smallest absolute Gasteiger partial charge is 1.00 e. The van der Waals surface area contributed by atoms with E-state index < -0.39 is 11.4 Å². The van der Waals surface area contributed by atoms with Crippen LogP contribution in [-0.2, 0) is 11.4 Å². The number of aldehydes is 1. The second kappa shape index (κ2) is 6.28. The summed E-state index contributed by atoms with van der Waals surface area (Å²) in [5.41, 5.74) is 0.492. The van der Waals surface area contributed by atoms with Crippen molar-refractivity contribution in [1.29, 1.82) is 0 Å². The van der Waals surface area contributed by atoms with Gasteiger partial charge in [-0.1, -0.05) is 0 Å². The zero-order valence-electron chi connectivity index (χ0n) is 7.97. The molecular weight excluding hydrogens is 203 g/mol. The van der Waals surface area contributed by atoms with Gasteiger partial charge in [0.15, 0.2) is 0 Å². The van der Waals surface area contributed by atoms with Gasteiger partial charge in [-0.05, 0) is 24.3 Å². The topological polar surface area (TPSA) is 63.6 Å². The van der Waals surface area contributed by atoms with Gasteiger partial charge in [-0.3, -0.25) is 9.35 Å². The Hall–Kier alpha value is -0.200. The molecule has 1 N–H and O–H groups in total. The van der Waals surface area contributed by atoms with E-state index in [4.69, 9.17) is 4.55 Å². The minimum Gasteiger partial charge on any atom is -1.00 e. The Kier molecular flexibility index (Phi) is 6.19. The number of carbonyl (C=O) groups excluding carboxylic acids is 1. The first-order valence-electron chi connectivity index (χ1n) is 3.07. The third-order valence-electron chi connectivity index (χ3n) is 1.18. The second-order valence-corrected chi connectivity index (χ2v) is 2.59. The molecule has 0 saturated carbocycles. The molecule has 0 radical (unpaired) electrons. The Morgan fingerprint density at radius 1 is 1.38 bits per heavy atom. The van der Waals surface area contributed by atoms with Gasteiger partial charge in [-0.25, -0.2) is 0 Å². The summed E-state index contributed by atoms with van der Waals surface area (Å²) in [5.74, 6) is 0.251. The normalized spacial score (nSPS) is 11.2. The van der Waals surface area contributed by atoms with Crippen LogP contribution in [0.2, 0.25) is 0 Å². The molecule has 0 bridgehead atoms. The van der Waals surface area contributed by atoms with Gasteiger partial charge in [-0.2, -0.15) is 4.21 Å². The number of rotatable bonds is 3. The van der Waals surface area contributed by atoms with Crippen molar-refractivity contribution in [3.8, 4) is 5.75 Å². The van der Waals surface area contributed by atoms with Crippen molar-refractivity contribution < 1.29 is 48.7 Å². The van der Waals surface area contributed by atoms with Crippen LogP contribution in [0.5, 0.6) is 5.75 Å². The summed E-state index contributed by atoms with van der Waals surface area (Å²) in [5, 5.41) is 0. The van der Waals surface area contributed by atoms with E-state index >= 15 is 0 Å². The molecule has 1 unspecified atom stereocenters. The second-order valence-electron chi connectivity index (χ2n) is 1.99. The van der Waals surface area contributed by atoms with Crippen molar-refractivity contribution in [3.63, 3.8) is 0 Å². The zero-order valence-corrected chi connectivity index (χ0v) is 9.78. The van der Waals surface area contributed by atoms with E-state index in [0.29, 0.717) is 11.8 Å². The van der Waals surface area contributed by atoms with Gasteiger partial charge in [-0.15, -0.1) is 0 Å². The quantitative estimate of drug-likeness (QED) is 0.361. The third-order valence-corrected chi connectivity index (χ3v) is 1.52. The van der Waals surface area contributed by atoms with Crippen LogP contribution in [0.1, 0.15) is 11.8 Å². The van der Waals surface area contributed by atoms with Gasteiger partial charge in [0, 0.05) is 5.56 Å². The van der Waals surface area contributed by atoms with E-state index in [9.17, 15) is 9.00 Å². The predicted octanol–water partition coefficient (Wildman–Crippen LogP) is -1.87. The van der Waals surface area contributed by atoms with E-state index in [2.05, 4.69) is 4.18 Å². The van der Waals surface area contributed by atoms with Crippen LogP contribution >= 0.6 is 0 Å². The molecule has 1 atom stereocenters. The summed E-state index contributed by atoms with van der Waals surface area (Å²) in [4.78, 5) is 10.2. The molecule has 0 aliphatic heterocycles. The maximum absolute atomic E-state index is 10.2. The summed E-state index contributed by atoms with van der Waals surface area (Å²) in [6, 6.07) is 5.88. The Labute approximate surface area is 102 Å². The molecule has 4 nitrogen and oxygen atoms in total. The standard InChI is InChI=1S/C7H6O4S.Na.H/c8-5-6-1-3-7(4-2-6)11-12(9)10;;/h1-5H,(H,9,10);;/q;+1;-1. The SMILES string of the molecule is O=Cc1ccc(OS(=O)O)cc1.[H-].[Na+]. The van der Waals surface area contributed by atoms with Crippen molar-refractivity contribution in [1.82, 2.24) is 0 Å². The molecule has 0 amide bonds. The van der Waals surface area contributed by atoms with Crippen LogP contribution in [-0.4, -0.2) is 15.0 Å². The fraction of sp³-hybridized carbons (Fsp3) is 0. The van der Waals surface area contributed by atoms with Crippen molar-refractivity contribution in [2.75, 3.05) is 0 Å². The molecule has 1 aromatic rings. The largest absolute Gasteiger partial charge is 1.00 e. The first-order valence-corrected chi connectivity index (χ1v) is 4.10. The first-order chi connectivity index (χ1) is 5.72. The predicted molar refractivity (Wildman–Crippen MR) is 44.3 cm³/mol. The number of hydrogen-bond donors (Lipinski definition) is 1. The number of benzene rings is 1. The molecule has 0 heterocycles. The molecule has 13 heavy (non-hydrogen) atoms. The number of carbonyl (C=O) groups is 1. The average molecular weight is 210 g/mol. The molecule has 0 spiro atoms. The zero-order chi connectivity index (χ0) is 8.97. The molecule has 0 aliphatic carbocycles. The van der Waals surface area contributed by atoms with Gasteiger partial charge < -0.3 is 5.61 Å². The van der Waals surface area contributed by atoms with Crippen LogP contribution in [0.15, 0.2) is 24.3 Å². The van der Waals surface area contributed by atoms with Gasteiger partial charge in [0.25, 0.3) is 0 Å². The monoisotopic (exact) mass is 210 g/mol. The number of hydrogen-bond acceptors (Lipinski definition) is 3. The van der Waals surface area contributed by atoms with E-state index in [0.717, 1.165) is 0 Å². The minimum absolute atomic E-state index is 0. The first kappa shape index (κ1) is 12.8. The van der Waals surface area contributed by atoms with Gasteiger partial charge in [0.2, 0.25) is 0 Å². The van der Waals surface area contributed by atoms with Gasteiger partial charge >= 0.3 is 40.9 Å². The third kappa shape index (κ3) is 4.54. The molecule has 0 saturated heterocycles. The molecule has 0 aliphatic rings. The van der Waals surface area contributed by atoms with E-state index in [1.54, 1.807) is 0 Å². The summed E-state index contributed by atoms with van der Waals surface area (Å²) in [6.45, 7) is 0. The minimum atomic E-state index is -2.31.